The van der Waals surface area contributed by atoms with Crippen molar-refractivity contribution in [2.75, 3.05) is 23.0 Å². The highest BCUT2D eigenvalue weighted by molar-refractivity contribution is 7.98. The molecule has 136 valence electrons. The van der Waals surface area contributed by atoms with E-state index in [2.05, 4.69) is 5.32 Å². The summed E-state index contributed by atoms with van der Waals surface area (Å²) in [5.41, 5.74) is 1.67. The first-order valence-corrected chi connectivity index (χ1v) is 10.1. The predicted molar refractivity (Wildman–Crippen MR) is 111 cm³/mol. The maximum atomic E-state index is 12.8. The molecule has 0 saturated carbocycles. The fourth-order valence-corrected chi connectivity index (χ4v) is 4.10. The summed E-state index contributed by atoms with van der Waals surface area (Å²) in [6.07, 6.45) is 2.21. The van der Waals surface area contributed by atoms with Crippen molar-refractivity contribution in [1.82, 2.24) is 0 Å². The van der Waals surface area contributed by atoms with Gasteiger partial charge in [0.15, 0.2) is 0 Å². The van der Waals surface area contributed by atoms with Gasteiger partial charge < -0.3 is 10.2 Å². The molecule has 4 nitrogen and oxygen atoms in total. The van der Waals surface area contributed by atoms with Gasteiger partial charge in [-0.25, -0.2) is 0 Å². The Kier molecular flexibility index (Phi) is 4.86. The topological polar surface area (TPSA) is 49.4 Å². The number of fused-ring (bicyclic) bond motifs is 1. The summed E-state index contributed by atoms with van der Waals surface area (Å²) in [7, 11) is 0. The van der Waals surface area contributed by atoms with Crippen LogP contribution in [0.4, 0.5) is 11.4 Å². The van der Waals surface area contributed by atoms with Gasteiger partial charge in [0.2, 0.25) is 11.8 Å². The van der Waals surface area contributed by atoms with Gasteiger partial charge in [-0.3, -0.25) is 9.59 Å². The molecule has 0 radical (unpaired) electrons. The summed E-state index contributed by atoms with van der Waals surface area (Å²) in [4.78, 5) is 28.2. The van der Waals surface area contributed by atoms with E-state index in [0.717, 1.165) is 27.0 Å². The zero-order chi connectivity index (χ0) is 18.8. The smallest absolute Gasteiger partial charge is 0.229 e. The average Bonchev–Trinajstić information content (AvgIpc) is 3.09. The third-order valence-electron chi connectivity index (χ3n) is 4.92. The maximum Gasteiger partial charge on any atom is 0.229 e. The molecule has 3 aromatic carbocycles. The minimum absolute atomic E-state index is 0.00958. The van der Waals surface area contributed by atoms with Gasteiger partial charge in [0.05, 0.1) is 17.3 Å². The highest BCUT2D eigenvalue weighted by Crippen LogP contribution is 2.32. The standard InChI is InChI=1S/C22H20N2O2S/c1-27-20-12-5-4-10-18(20)23-22(26)16-13-21(25)24(14-16)19-11-6-8-15-7-2-3-9-17(15)19/h2-12,16H,13-14H2,1H3,(H,23,26). The Balaban J connectivity index is 1.56. The second kappa shape index (κ2) is 7.45. The first-order valence-electron chi connectivity index (χ1n) is 8.89. The molecule has 5 heteroatoms. The summed E-state index contributed by atoms with van der Waals surface area (Å²) in [5.74, 6) is -0.469. The molecule has 2 amide bonds. The van der Waals surface area contributed by atoms with Crippen LogP contribution in [0, 0.1) is 5.92 Å². The van der Waals surface area contributed by atoms with E-state index >= 15 is 0 Å². The van der Waals surface area contributed by atoms with E-state index < -0.39 is 0 Å². The van der Waals surface area contributed by atoms with E-state index in [1.807, 2.05) is 73.0 Å². The quantitative estimate of drug-likeness (QED) is 0.680. The second-order valence-electron chi connectivity index (χ2n) is 6.59. The van der Waals surface area contributed by atoms with Crippen molar-refractivity contribution < 1.29 is 9.59 Å². The number of benzene rings is 3. The fraction of sp³-hybridized carbons (Fsp3) is 0.182. The Hall–Kier alpha value is -2.79. The van der Waals surface area contributed by atoms with Crippen LogP contribution >= 0.6 is 11.8 Å². The summed E-state index contributed by atoms with van der Waals surface area (Å²) in [6.45, 7) is 0.403. The van der Waals surface area contributed by atoms with Crippen LogP contribution < -0.4 is 10.2 Å². The van der Waals surface area contributed by atoms with Crippen LogP contribution in [0.1, 0.15) is 6.42 Å². The van der Waals surface area contributed by atoms with Crippen LogP contribution in [-0.2, 0) is 9.59 Å². The fourth-order valence-electron chi connectivity index (χ4n) is 3.54. The monoisotopic (exact) mass is 376 g/mol. The molecule has 1 N–H and O–H groups in total. The number of carbonyl (C=O) groups excluding carboxylic acids is 2. The largest absolute Gasteiger partial charge is 0.325 e. The lowest BCUT2D eigenvalue weighted by Crippen LogP contribution is -2.28. The molecule has 27 heavy (non-hydrogen) atoms. The predicted octanol–water partition coefficient (Wildman–Crippen LogP) is 4.55. The van der Waals surface area contributed by atoms with Crippen LogP contribution in [0.15, 0.2) is 71.6 Å². The first kappa shape index (κ1) is 17.6. The third kappa shape index (κ3) is 3.43. The number of carbonyl (C=O) groups is 2. The second-order valence-corrected chi connectivity index (χ2v) is 7.44. The van der Waals surface area contributed by atoms with Gasteiger partial charge in [0, 0.05) is 23.2 Å². The number of anilines is 2. The zero-order valence-electron chi connectivity index (χ0n) is 15.0. The number of amides is 2. The maximum absolute atomic E-state index is 12.8. The van der Waals surface area contributed by atoms with Gasteiger partial charge in [-0.1, -0.05) is 48.5 Å². The lowest BCUT2D eigenvalue weighted by atomic mass is 10.1. The number of nitrogens with one attached hydrogen (secondary N) is 1. The summed E-state index contributed by atoms with van der Waals surface area (Å²) >= 11 is 1.59. The molecule has 1 aliphatic heterocycles. The molecular formula is C22H20N2O2S. The normalized spacial score (nSPS) is 16.7. The van der Waals surface area contributed by atoms with E-state index in [1.54, 1.807) is 16.7 Å². The third-order valence-corrected chi connectivity index (χ3v) is 5.71. The lowest BCUT2D eigenvalue weighted by Gasteiger charge is -2.19. The molecule has 1 atom stereocenters. The minimum Gasteiger partial charge on any atom is -0.325 e. The lowest BCUT2D eigenvalue weighted by molar-refractivity contribution is -0.122. The van der Waals surface area contributed by atoms with Crippen molar-refractivity contribution in [1.29, 1.82) is 0 Å². The molecule has 1 aliphatic rings. The highest BCUT2D eigenvalue weighted by Gasteiger charge is 2.35. The summed E-state index contributed by atoms with van der Waals surface area (Å²) in [6, 6.07) is 21.6. The Labute approximate surface area is 162 Å². The number of nitrogens with zero attached hydrogens (tertiary/aromatic N) is 1. The minimum atomic E-state index is -0.355. The van der Waals surface area contributed by atoms with Gasteiger partial charge in [-0.05, 0) is 29.8 Å². The van der Waals surface area contributed by atoms with E-state index in [4.69, 9.17) is 0 Å². The van der Waals surface area contributed by atoms with Crippen molar-refractivity contribution in [3.63, 3.8) is 0 Å². The van der Waals surface area contributed by atoms with E-state index in [9.17, 15) is 9.59 Å². The molecule has 4 rings (SSSR count). The van der Waals surface area contributed by atoms with Crippen LogP contribution in [0.5, 0.6) is 0 Å². The number of thioether (sulfide) groups is 1. The van der Waals surface area contributed by atoms with Gasteiger partial charge in [-0.2, -0.15) is 0 Å². The average molecular weight is 376 g/mol. The SMILES string of the molecule is CSc1ccccc1NC(=O)C1CC(=O)N(c2cccc3ccccc23)C1. The molecule has 1 fully saturated rings. The van der Waals surface area contributed by atoms with Crippen LogP contribution in [0.25, 0.3) is 10.8 Å². The van der Waals surface area contributed by atoms with Gasteiger partial charge in [-0.15, -0.1) is 11.8 Å². The Morgan fingerprint density at radius 3 is 2.63 bits per heavy atom. The zero-order valence-corrected chi connectivity index (χ0v) is 15.8. The Morgan fingerprint density at radius 1 is 1.04 bits per heavy atom. The molecular weight excluding hydrogens is 356 g/mol. The Bertz CT molecular complexity index is 1010. The molecule has 0 spiro atoms. The van der Waals surface area contributed by atoms with Crippen LogP contribution in [-0.4, -0.2) is 24.6 Å². The molecule has 0 bridgehead atoms. The Morgan fingerprint density at radius 2 is 1.78 bits per heavy atom. The molecule has 1 heterocycles. The molecule has 1 unspecified atom stereocenters. The molecule has 0 aliphatic carbocycles. The number of hydrogen-bond acceptors (Lipinski definition) is 3. The molecule has 3 aromatic rings. The van der Waals surface area contributed by atoms with E-state index in [-0.39, 0.29) is 24.2 Å². The van der Waals surface area contributed by atoms with Crippen LogP contribution in [0.3, 0.4) is 0 Å². The number of para-hydroxylation sites is 1. The van der Waals surface area contributed by atoms with Crippen molar-refractivity contribution in [3.8, 4) is 0 Å². The summed E-state index contributed by atoms with van der Waals surface area (Å²) < 4.78 is 0. The van der Waals surface area contributed by atoms with Crippen LogP contribution in [0.2, 0.25) is 0 Å². The molecule has 1 saturated heterocycles. The van der Waals surface area contributed by atoms with Gasteiger partial charge in [0.1, 0.15) is 0 Å². The number of hydrogen-bond donors (Lipinski definition) is 1. The number of rotatable bonds is 4. The summed E-state index contributed by atoms with van der Waals surface area (Å²) in [5, 5.41) is 5.11. The highest BCUT2D eigenvalue weighted by atomic mass is 32.2. The van der Waals surface area contributed by atoms with Crippen molar-refractivity contribution in [2.24, 2.45) is 5.92 Å². The van der Waals surface area contributed by atoms with E-state index in [0.29, 0.717) is 6.54 Å². The van der Waals surface area contributed by atoms with Gasteiger partial charge in [0.25, 0.3) is 0 Å². The van der Waals surface area contributed by atoms with E-state index in [1.165, 1.54) is 0 Å². The molecule has 0 aromatic heterocycles. The van der Waals surface area contributed by atoms with Crippen molar-refractivity contribution in [2.45, 2.75) is 11.3 Å². The van der Waals surface area contributed by atoms with Crippen molar-refractivity contribution >= 4 is 45.7 Å². The first-order chi connectivity index (χ1) is 13.2. The van der Waals surface area contributed by atoms with Gasteiger partial charge >= 0.3 is 0 Å². The van der Waals surface area contributed by atoms with Crippen molar-refractivity contribution in [3.05, 3.63) is 66.7 Å².